The fraction of sp³-hybridized carbons (Fsp3) is 0.167. The van der Waals surface area contributed by atoms with Crippen LogP contribution in [0.4, 0.5) is 0 Å². The smallest absolute Gasteiger partial charge is 0.258 e. The van der Waals surface area contributed by atoms with E-state index in [2.05, 4.69) is 0 Å². The van der Waals surface area contributed by atoms with Crippen LogP contribution in [0.2, 0.25) is 0 Å². The first-order valence-corrected chi connectivity index (χ1v) is 7.10. The van der Waals surface area contributed by atoms with Gasteiger partial charge in [-0.1, -0.05) is 48.5 Å². The summed E-state index contributed by atoms with van der Waals surface area (Å²) >= 11 is 0. The van der Waals surface area contributed by atoms with Crippen molar-refractivity contribution in [2.24, 2.45) is 0 Å². The molecule has 0 fully saturated rings. The minimum atomic E-state index is -0.00117. The molecule has 0 spiro atoms. The molecular formula is C18H17NO2. The predicted molar refractivity (Wildman–Crippen MR) is 85.3 cm³/mol. The maximum Gasteiger partial charge on any atom is 0.258 e. The second-order valence-corrected chi connectivity index (χ2v) is 5.03. The van der Waals surface area contributed by atoms with Crippen LogP contribution in [-0.4, -0.2) is 16.3 Å². The molecule has 106 valence electrons. The van der Waals surface area contributed by atoms with Crippen LogP contribution in [0.3, 0.4) is 0 Å². The summed E-state index contributed by atoms with van der Waals surface area (Å²) in [6, 6.07) is 17.7. The second-order valence-electron chi connectivity index (χ2n) is 5.03. The number of rotatable bonds is 4. The summed E-state index contributed by atoms with van der Waals surface area (Å²) in [7, 11) is 0. The van der Waals surface area contributed by atoms with Crippen LogP contribution in [0.15, 0.2) is 65.6 Å². The van der Waals surface area contributed by atoms with Gasteiger partial charge in [0.25, 0.3) is 5.56 Å². The van der Waals surface area contributed by atoms with Gasteiger partial charge in [-0.3, -0.25) is 4.79 Å². The third-order valence-corrected chi connectivity index (χ3v) is 3.64. The van der Waals surface area contributed by atoms with Gasteiger partial charge in [0.15, 0.2) is 0 Å². The molecule has 3 aromatic rings. The number of pyridine rings is 1. The minimum Gasteiger partial charge on any atom is -0.396 e. The van der Waals surface area contributed by atoms with Gasteiger partial charge in [0, 0.05) is 30.3 Å². The van der Waals surface area contributed by atoms with Crippen molar-refractivity contribution in [2.75, 3.05) is 6.61 Å². The number of nitrogens with zero attached hydrogens (tertiary/aromatic N) is 1. The molecule has 0 radical (unpaired) electrons. The van der Waals surface area contributed by atoms with E-state index in [1.54, 1.807) is 4.57 Å². The molecule has 3 rings (SSSR count). The van der Waals surface area contributed by atoms with Crippen molar-refractivity contribution in [2.45, 2.75) is 13.0 Å². The normalized spacial score (nSPS) is 10.9. The van der Waals surface area contributed by atoms with E-state index in [-0.39, 0.29) is 12.2 Å². The first-order valence-electron chi connectivity index (χ1n) is 7.10. The quantitative estimate of drug-likeness (QED) is 0.797. The van der Waals surface area contributed by atoms with Gasteiger partial charge in [-0.05, 0) is 23.4 Å². The van der Waals surface area contributed by atoms with Crippen molar-refractivity contribution in [3.8, 4) is 11.1 Å². The van der Waals surface area contributed by atoms with Crippen LogP contribution in [0.5, 0.6) is 0 Å². The number of hydrogen-bond donors (Lipinski definition) is 1. The Morgan fingerprint density at radius 3 is 2.29 bits per heavy atom. The highest BCUT2D eigenvalue weighted by molar-refractivity contribution is 5.95. The number of aliphatic hydroxyl groups is 1. The molecule has 0 saturated carbocycles. The molecule has 0 atom stereocenters. The van der Waals surface area contributed by atoms with Crippen molar-refractivity contribution < 1.29 is 5.11 Å². The van der Waals surface area contributed by atoms with Gasteiger partial charge < -0.3 is 9.67 Å². The number of hydrogen-bond acceptors (Lipinski definition) is 2. The maximum atomic E-state index is 12.5. The summed E-state index contributed by atoms with van der Waals surface area (Å²) in [5.41, 5.74) is 2.13. The lowest BCUT2D eigenvalue weighted by molar-refractivity contribution is 0.279. The summed E-state index contributed by atoms with van der Waals surface area (Å²) in [6.45, 7) is 0.611. The van der Waals surface area contributed by atoms with Crippen LogP contribution in [0, 0.1) is 0 Å². The fourth-order valence-corrected chi connectivity index (χ4v) is 2.60. The molecule has 1 heterocycles. The average Bonchev–Trinajstić information content (AvgIpc) is 2.55. The Balaban J connectivity index is 2.27. The molecule has 0 amide bonds. The van der Waals surface area contributed by atoms with E-state index in [1.807, 2.05) is 60.8 Å². The third-order valence-electron chi connectivity index (χ3n) is 3.64. The molecule has 0 aliphatic rings. The van der Waals surface area contributed by atoms with Gasteiger partial charge in [0.2, 0.25) is 0 Å². The van der Waals surface area contributed by atoms with E-state index in [9.17, 15) is 4.79 Å². The summed E-state index contributed by atoms with van der Waals surface area (Å²) in [5.74, 6) is 0. The Labute approximate surface area is 123 Å². The van der Waals surface area contributed by atoms with Crippen molar-refractivity contribution in [3.63, 3.8) is 0 Å². The Morgan fingerprint density at radius 2 is 1.57 bits per heavy atom. The van der Waals surface area contributed by atoms with Gasteiger partial charge >= 0.3 is 0 Å². The van der Waals surface area contributed by atoms with E-state index in [0.29, 0.717) is 13.0 Å². The van der Waals surface area contributed by atoms with Gasteiger partial charge in [0.1, 0.15) is 0 Å². The SMILES string of the molecule is O=c1c2ccccc2c(-c2ccccc2)cn1CCCO. The number of fused-ring (bicyclic) bond motifs is 1. The van der Waals surface area contributed by atoms with E-state index < -0.39 is 0 Å². The first kappa shape index (κ1) is 13.6. The maximum absolute atomic E-state index is 12.5. The van der Waals surface area contributed by atoms with Gasteiger partial charge in [-0.15, -0.1) is 0 Å². The first-order chi connectivity index (χ1) is 10.3. The van der Waals surface area contributed by atoms with Crippen molar-refractivity contribution in [1.82, 2.24) is 4.57 Å². The van der Waals surface area contributed by atoms with E-state index in [0.717, 1.165) is 21.9 Å². The molecule has 0 bridgehead atoms. The molecule has 1 N–H and O–H groups in total. The zero-order chi connectivity index (χ0) is 14.7. The highest BCUT2D eigenvalue weighted by Gasteiger charge is 2.09. The zero-order valence-electron chi connectivity index (χ0n) is 11.7. The Morgan fingerprint density at radius 1 is 0.905 bits per heavy atom. The second kappa shape index (κ2) is 5.94. The fourth-order valence-electron chi connectivity index (χ4n) is 2.60. The molecule has 1 aromatic heterocycles. The van der Waals surface area contributed by atoms with Crippen LogP contribution < -0.4 is 5.56 Å². The van der Waals surface area contributed by atoms with Crippen LogP contribution in [-0.2, 0) is 6.54 Å². The average molecular weight is 279 g/mol. The van der Waals surface area contributed by atoms with Gasteiger partial charge in [-0.2, -0.15) is 0 Å². The lowest BCUT2D eigenvalue weighted by atomic mass is 10.0. The topological polar surface area (TPSA) is 42.2 Å². The lowest BCUT2D eigenvalue weighted by Gasteiger charge is -2.12. The molecule has 0 aliphatic carbocycles. The van der Waals surface area contributed by atoms with Gasteiger partial charge in [0.05, 0.1) is 0 Å². The summed E-state index contributed by atoms with van der Waals surface area (Å²) in [4.78, 5) is 12.5. The highest BCUT2D eigenvalue weighted by atomic mass is 16.3. The van der Waals surface area contributed by atoms with Crippen molar-refractivity contribution in [3.05, 3.63) is 71.1 Å². The molecular weight excluding hydrogens is 262 g/mol. The Bertz CT molecular complexity index is 806. The van der Waals surface area contributed by atoms with Crippen molar-refractivity contribution in [1.29, 1.82) is 0 Å². The highest BCUT2D eigenvalue weighted by Crippen LogP contribution is 2.26. The lowest BCUT2D eigenvalue weighted by Crippen LogP contribution is -2.20. The number of benzene rings is 2. The molecule has 0 aliphatic heterocycles. The molecule has 0 saturated heterocycles. The molecule has 2 aromatic carbocycles. The third kappa shape index (κ3) is 2.60. The largest absolute Gasteiger partial charge is 0.396 e. The van der Waals surface area contributed by atoms with Crippen molar-refractivity contribution >= 4 is 10.8 Å². The van der Waals surface area contributed by atoms with Gasteiger partial charge in [-0.25, -0.2) is 0 Å². The molecule has 21 heavy (non-hydrogen) atoms. The summed E-state index contributed by atoms with van der Waals surface area (Å²) in [5, 5.41) is 10.7. The van der Waals surface area contributed by atoms with Crippen LogP contribution >= 0.6 is 0 Å². The minimum absolute atomic E-state index is 0.00117. The summed E-state index contributed by atoms with van der Waals surface area (Å²) in [6.07, 6.45) is 2.47. The number of aryl methyl sites for hydroxylation is 1. The zero-order valence-corrected chi connectivity index (χ0v) is 11.7. The monoisotopic (exact) mass is 279 g/mol. The molecule has 3 nitrogen and oxygen atoms in total. The van der Waals surface area contributed by atoms with E-state index >= 15 is 0 Å². The van der Waals surface area contributed by atoms with E-state index in [1.165, 1.54) is 0 Å². The predicted octanol–water partition coefficient (Wildman–Crippen LogP) is 3.05. The molecule has 0 unspecified atom stereocenters. The van der Waals surface area contributed by atoms with Crippen LogP contribution in [0.1, 0.15) is 6.42 Å². The number of aliphatic hydroxyl groups excluding tert-OH is 1. The van der Waals surface area contributed by atoms with Crippen LogP contribution in [0.25, 0.3) is 21.9 Å². The number of aromatic nitrogens is 1. The standard InChI is InChI=1S/C18H17NO2/c20-12-6-11-19-13-17(14-7-2-1-3-8-14)15-9-4-5-10-16(15)18(19)21/h1-5,7-10,13,20H,6,11-12H2. The Hall–Kier alpha value is -2.39. The Kier molecular flexibility index (Phi) is 3.84. The molecule has 3 heteroatoms. The van der Waals surface area contributed by atoms with E-state index in [4.69, 9.17) is 5.11 Å². The summed E-state index contributed by atoms with van der Waals surface area (Å²) < 4.78 is 1.70.